The minimum Gasteiger partial charge on any atom is -0.381 e. The van der Waals surface area contributed by atoms with Crippen molar-refractivity contribution in [2.45, 2.75) is 50.1 Å². The van der Waals surface area contributed by atoms with Crippen molar-refractivity contribution in [3.8, 4) is 0 Å². The molecule has 0 aromatic rings. The molecule has 1 N–H and O–H groups in total. The largest absolute Gasteiger partial charge is 0.386 e. The number of ether oxygens (including phenoxy) is 2. The summed E-state index contributed by atoms with van der Waals surface area (Å²) in [6, 6.07) is -0.0335. The number of rotatable bonds is 8. The topological polar surface area (TPSA) is 101 Å². The lowest BCUT2D eigenvalue weighted by Crippen LogP contribution is -2.28. The first-order valence-corrected chi connectivity index (χ1v) is 13.5. The molecule has 0 saturated carbocycles. The van der Waals surface area contributed by atoms with E-state index >= 15 is 0 Å². The summed E-state index contributed by atoms with van der Waals surface area (Å²) in [6.07, 6.45) is -0.0735. The van der Waals surface area contributed by atoms with Crippen LogP contribution in [0.5, 0.6) is 0 Å². The fourth-order valence-electron chi connectivity index (χ4n) is 3.08. The van der Waals surface area contributed by atoms with Gasteiger partial charge in [-0.05, 0) is 18.8 Å². The first kappa shape index (κ1) is 22.3. The van der Waals surface area contributed by atoms with Gasteiger partial charge in [0.05, 0.1) is 25.4 Å². The quantitative estimate of drug-likeness (QED) is 0.292. The molecule has 0 aromatic carbocycles. The van der Waals surface area contributed by atoms with Crippen LogP contribution in [0.4, 0.5) is 0 Å². The Hall–Kier alpha value is 1.05. The Morgan fingerprint density at radius 2 is 1.64 bits per heavy atom. The summed E-state index contributed by atoms with van der Waals surface area (Å²) in [5.74, 6) is 0.299. The zero-order valence-corrected chi connectivity index (χ0v) is 18.0. The van der Waals surface area contributed by atoms with Gasteiger partial charge in [-0.15, -0.1) is 0 Å². The van der Waals surface area contributed by atoms with Crippen LogP contribution in [-0.2, 0) is 32.2 Å². The standard InChI is InChI=1S/C11H24B2O8P2S2/c1-6-2-10(12)19-8(6)4-18-23(16,25)21-7-3-11(13)20-9(7)5-17-22(14,15)24/h6-11H,2-5,12-13H2,1H3,(H,16,25)(H2,14,15,24)/t6-,7-,8+,9+,10+,11+,23?/m0/s1. The maximum Gasteiger partial charge on any atom is 0.386 e. The molecular formula is C11H24B2O8P2S2. The molecule has 0 aromatic heterocycles. The van der Waals surface area contributed by atoms with Crippen LogP contribution in [0.1, 0.15) is 19.8 Å². The molecule has 2 heterocycles. The Morgan fingerprint density at radius 3 is 2.20 bits per heavy atom. The molecule has 0 spiro atoms. The molecule has 2 fully saturated rings. The normalized spacial score (nSPS) is 40.6. The second-order valence-electron chi connectivity index (χ2n) is 6.61. The van der Waals surface area contributed by atoms with Crippen LogP contribution in [0.15, 0.2) is 0 Å². The zero-order chi connectivity index (χ0) is 18.8. The minimum atomic E-state index is -3.93. The van der Waals surface area contributed by atoms with Crippen molar-refractivity contribution >= 4 is 53.8 Å². The van der Waals surface area contributed by atoms with Gasteiger partial charge in [-0.2, -0.15) is 0 Å². The zero-order valence-electron chi connectivity index (χ0n) is 14.4. The first-order chi connectivity index (χ1) is 11.5. The van der Waals surface area contributed by atoms with Crippen LogP contribution in [-0.4, -0.2) is 64.1 Å². The van der Waals surface area contributed by atoms with E-state index in [1.165, 1.54) is 0 Å². The Balaban J connectivity index is 1.86. The Kier molecular flexibility index (Phi) is 8.07. The lowest BCUT2D eigenvalue weighted by atomic mass is 9.92. The van der Waals surface area contributed by atoms with Crippen molar-refractivity contribution in [3.63, 3.8) is 0 Å². The molecule has 8 nitrogen and oxygen atoms in total. The van der Waals surface area contributed by atoms with E-state index in [0.29, 0.717) is 12.3 Å². The van der Waals surface area contributed by atoms with Gasteiger partial charge in [0.15, 0.2) is 0 Å². The molecule has 0 aliphatic carbocycles. The van der Waals surface area contributed by atoms with Crippen molar-refractivity contribution in [2.75, 3.05) is 13.2 Å². The summed E-state index contributed by atoms with van der Waals surface area (Å²) < 4.78 is 50.6. The Morgan fingerprint density at radius 1 is 1.08 bits per heavy atom. The molecule has 2 rings (SSSR count). The predicted octanol–water partition coefficient (Wildman–Crippen LogP) is 0.605. The maximum absolute atomic E-state index is 12.5. The Bertz CT molecular complexity index is 552. The molecule has 144 valence electrons. The molecule has 2 saturated heterocycles. The van der Waals surface area contributed by atoms with Gasteiger partial charge in [0.1, 0.15) is 21.8 Å². The van der Waals surface area contributed by atoms with Gasteiger partial charge < -0.3 is 14.4 Å². The summed E-state index contributed by atoms with van der Waals surface area (Å²) in [5, 5.41) is 0. The molecule has 2 unspecified atom stereocenters. The molecule has 0 radical (unpaired) electrons. The monoisotopic (exact) mass is 432 g/mol. The predicted molar refractivity (Wildman–Crippen MR) is 105 cm³/mol. The van der Waals surface area contributed by atoms with Crippen molar-refractivity contribution in [1.82, 2.24) is 0 Å². The summed E-state index contributed by atoms with van der Waals surface area (Å²) in [7, 11) is 3.80. The number of hydrogen-bond acceptors (Lipinski definition) is 7. The van der Waals surface area contributed by atoms with E-state index in [1.807, 2.05) is 22.6 Å². The Labute approximate surface area is 160 Å². The molecule has 8 atom stereocenters. The van der Waals surface area contributed by atoms with Crippen molar-refractivity contribution < 1.29 is 37.1 Å². The van der Waals surface area contributed by atoms with Gasteiger partial charge in [0.2, 0.25) is 0 Å². The van der Waals surface area contributed by atoms with Crippen LogP contribution < -0.4 is 0 Å². The van der Waals surface area contributed by atoms with E-state index in [0.717, 1.165) is 6.42 Å². The highest BCUT2D eigenvalue weighted by atomic mass is 32.7. The van der Waals surface area contributed by atoms with Gasteiger partial charge in [0.25, 0.3) is 0 Å². The van der Waals surface area contributed by atoms with Crippen molar-refractivity contribution in [3.05, 3.63) is 0 Å². The maximum atomic E-state index is 12.5. The molecule has 0 bridgehead atoms. The van der Waals surface area contributed by atoms with Gasteiger partial charge in [-0.25, -0.2) is 9.13 Å². The van der Waals surface area contributed by atoms with E-state index in [9.17, 15) is 9.13 Å². The van der Waals surface area contributed by atoms with Gasteiger partial charge in [-0.1, -0.05) is 31.4 Å². The third-order valence-electron chi connectivity index (χ3n) is 4.21. The van der Waals surface area contributed by atoms with E-state index in [4.69, 9.17) is 27.9 Å². The van der Waals surface area contributed by atoms with Crippen LogP contribution in [0.2, 0.25) is 0 Å². The lowest BCUT2D eigenvalue weighted by molar-refractivity contribution is 0.0000897. The van der Waals surface area contributed by atoms with Crippen LogP contribution in [0, 0.1) is 5.92 Å². The molecule has 0 amide bonds. The van der Waals surface area contributed by atoms with Crippen LogP contribution in [0.25, 0.3) is 0 Å². The number of hydrogen-bond donors (Lipinski definition) is 3. The van der Waals surface area contributed by atoms with Gasteiger partial charge >= 0.3 is 13.6 Å². The SMILES string of the molecule is B[C@H]1C[C@H](OP(=O)(S)OC[C@H]2O[C@@H](B)C[C@@H]2C)[C@@H](COP(=O)(O)S)O1. The second-order valence-corrected chi connectivity index (χ2v) is 12.2. The highest BCUT2D eigenvalue weighted by molar-refractivity contribution is 8.44. The first-order valence-electron chi connectivity index (χ1n) is 8.12. The van der Waals surface area contributed by atoms with Crippen LogP contribution >= 0.6 is 38.1 Å². The third kappa shape index (κ3) is 7.53. The second kappa shape index (κ2) is 9.03. The van der Waals surface area contributed by atoms with Crippen LogP contribution in [0.3, 0.4) is 0 Å². The van der Waals surface area contributed by atoms with E-state index in [-0.39, 0.29) is 31.3 Å². The molecule has 25 heavy (non-hydrogen) atoms. The molecule has 2 aliphatic heterocycles. The molecular weight excluding hydrogens is 408 g/mol. The summed E-state index contributed by atoms with van der Waals surface area (Å²) in [6.45, 7) is -5.61. The summed E-state index contributed by atoms with van der Waals surface area (Å²) in [4.78, 5) is 9.11. The van der Waals surface area contributed by atoms with Gasteiger partial charge in [0, 0.05) is 12.0 Å². The van der Waals surface area contributed by atoms with Gasteiger partial charge in [-0.3, -0.25) is 13.6 Å². The van der Waals surface area contributed by atoms with E-state index in [1.54, 1.807) is 0 Å². The molecule has 14 heteroatoms. The third-order valence-corrected chi connectivity index (χ3v) is 6.68. The molecule has 2 aliphatic rings. The van der Waals surface area contributed by atoms with Crippen molar-refractivity contribution in [2.24, 2.45) is 5.92 Å². The average Bonchev–Trinajstić information content (AvgIpc) is 2.95. The lowest BCUT2D eigenvalue weighted by Gasteiger charge is -2.24. The number of thiol groups is 2. The minimum absolute atomic E-state index is 0.124. The fraction of sp³-hybridized carbons (Fsp3) is 1.00. The summed E-state index contributed by atoms with van der Waals surface area (Å²) in [5.41, 5.74) is 0. The van der Waals surface area contributed by atoms with E-state index < -0.39 is 25.8 Å². The fourth-order valence-corrected chi connectivity index (χ4v) is 5.15. The highest BCUT2D eigenvalue weighted by Gasteiger charge is 2.40. The van der Waals surface area contributed by atoms with E-state index in [2.05, 4.69) is 24.5 Å². The smallest absolute Gasteiger partial charge is 0.381 e. The average molecular weight is 432 g/mol. The summed E-state index contributed by atoms with van der Waals surface area (Å²) >= 11 is 7.47. The van der Waals surface area contributed by atoms with Crippen molar-refractivity contribution in [1.29, 1.82) is 0 Å². The highest BCUT2D eigenvalue weighted by Crippen LogP contribution is 2.56.